The molecule has 1 heterocycles. The zero-order valence-electron chi connectivity index (χ0n) is 15.7. The predicted octanol–water partition coefficient (Wildman–Crippen LogP) is 6.98. The molecule has 3 rings (SSSR count). The van der Waals surface area contributed by atoms with Crippen LogP contribution in [0, 0.1) is 0 Å². The highest BCUT2D eigenvalue weighted by atomic mass is 35.5. The number of benzene rings is 2. The molecule has 2 N–H and O–H groups in total. The number of unbranched alkanes of at least 4 members (excludes halogenated alkanes) is 1. The van der Waals surface area contributed by atoms with Crippen molar-refractivity contribution in [2.75, 3.05) is 10.6 Å². The summed E-state index contributed by atoms with van der Waals surface area (Å²) in [5.41, 5.74) is 1.33. The van der Waals surface area contributed by atoms with Gasteiger partial charge in [0.2, 0.25) is 5.95 Å². The second kappa shape index (κ2) is 9.13. The molecule has 0 aliphatic rings. The molecular weight excluding hydrogens is 401 g/mol. The molecular formula is C21H20ClF3N4. The fourth-order valence-electron chi connectivity index (χ4n) is 2.71. The summed E-state index contributed by atoms with van der Waals surface area (Å²) in [4.78, 5) is 7.86. The first kappa shape index (κ1) is 20.9. The average molecular weight is 421 g/mol. The largest absolute Gasteiger partial charge is 0.421 e. The van der Waals surface area contributed by atoms with Gasteiger partial charge in [0.1, 0.15) is 11.4 Å². The number of nitrogens with zero attached hydrogens (tertiary/aromatic N) is 2. The Morgan fingerprint density at radius 2 is 1.76 bits per heavy atom. The molecule has 152 valence electrons. The summed E-state index contributed by atoms with van der Waals surface area (Å²) >= 11 is 5.92. The van der Waals surface area contributed by atoms with Crippen molar-refractivity contribution in [1.82, 2.24) is 9.97 Å². The van der Waals surface area contributed by atoms with Crippen LogP contribution >= 0.6 is 11.6 Å². The third kappa shape index (κ3) is 5.84. The fraction of sp³-hybridized carbons (Fsp3) is 0.238. The van der Waals surface area contributed by atoms with Gasteiger partial charge in [0, 0.05) is 22.6 Å². The molecule has 0 bridgehead atoms. The van der Waals surface area contributed by atoms with Crippen molar-refractivity contribution in [1.29, 1.82) is 0 Å². The highest BCUT2D eigenvalue weighted by Crippen LogP contribution is 2.35. The molecule has 0 spiro atoms. The van der Waals surface area contributed by atoms with Gasteiger partial charge < -0.3 is 10.6 Å². The van der Waals surface area contributed by atoms with Crippen LogP contribution in [0.4, 0.5) is 36.3 Å². The number of hydrogen-bond donors (Lipinski definition) is 2. The molecule has 4 nitrogen and oxygen atoms in total. The summed E-state index contributed by atoms with van der Waals surface area (Å²) in [6.07, 6.45) is -0.630. The van der Waals surface area contributed by atoms with E-state index in [0.717, 1.165) is 25.5 Å². The van der Waals surface area contributed by atoms with Gasteiger partial charge in [-0.2, -0.15) is 18.2 Å². The molecule has 0 unspecified atom stereocenters. The Balaban J connectivity index is 1.84. The Labute approximate surface area is 172 Å². The topological polar surface area (TPSA) is 49.8 Å². The molecule has 0 fully saturated rings. The Morgan fingerprint density at radius 3 is 2.41 bits per heavy atom. The van der Waals surface area contributed by atoms with Crippen molar-refractivity contribution >= 4 is 34.7 Å². The number of hydrogen-bond acceptors (Lipinski definition) is 4. The Kier molecular flexibility index (Phi) is 6.59. The Morgan fingerprint density at radius 1 is 1.00 bits per heavy atom. The van der Waals surface area contributed by atoms with Crippen LogP contribution in [0.2, 0.25) is 5.02 Å². The SMILES string of the molecule is CCCCc1ccc(Nc2ncc(C(F)(F)F)c(Nc3cccc(Cl)c3)n2)cc1. The van der Waals surface area contributed by atoms with Gasteiger partial charge in [-0.1, -0.05) is 43.1 Å². The first-order valence-electron chi connectivity index (χ1n) is 9.18. The lowest BCUT2D eigenvalue weighted by molar-refractivity contribution is -0.137. The van der Waals surface area contributed by atoms with Crippen molar-refractivity contribution in [2.24, 2.45) is 0 Å². The number of aryl methyl sites for hydroxylation is 1. The van der Waals surface area contributed by atoms with E-state index in [9.17, 15) is 13.2 Å². The van der Waals surface area contributed by atoms with Crippen molar-refractivity contribution in [2.45, 2.75) is 32.4 Å². The second-order valence-corrected chi connectivity index (χ2v) is 6.95. The maximum Gasteiger partial charge on any atom is 0.421 e. The third-order valence-corrected chi connectivity index (χ3v) is 4.45. The first-order valence-corrected chi connectivity index (χ1v) is 9.55. The number of alkyl halides is 3. The Hall–Kier alpha value is -2.80. The average Bonchev–Trinajstić information content (AvgIpc) is 2.67. The molecule has 0 amide bonds. The van der Waals surface area contributed by atoms with E-state index in [1.54, 1.807) is 18.2 Å². The molecule has 2 aromatic carbocycles. The molecule has 29 heavy (non-hydrogen) atoms. The molecule has 0 radical (unpaired) electrons. The lowest BCUT2D eigenvalue weighted by atomic mass is 10.1. The lowest BCUT2D eigenvalue weighted by Crippen LogP contribution is -2.12. The summed E-state index contributed by atoms with van der Waals surface area (Å²) in [6, 6.07) is 14.1. The highest BCUT2D eigenvalue weighted by Gasteiger charge is 2.35. The van der Waals surface area contributed by atoms with Gasteiger partial charge >= 0.3 is 6.18 Å². The van der Waals surface area contributed by atoms with Gasteiger partial charge in [0.15, 0.2) is 0 Å². The van der Waals surface area contributed by atoms with E-state index in [-0.39, 0.29) is 11.8 Å². The van der Waals surface area contributed by atoms with Crippen LogP contribution in [-0.4, -0.2) is 9.97 Å². The van der Waals surface area contributed by atoms with Gasteiger partial charge in [-0.3, -0.25) is 0 Å². The van der Waals surface area contributed by atoms with Crippen LogP contribution in [0.25, 0.3) is 0 Å². The summed E-state index contributed by atoms with van der Waals surface area (Å²) in [6.45, 7) is 2.13. The summed E-state index contributed by atoms with van der Waals surface area (Å²) < 4.78 is 40.1. The van der Waals surface area contributed by atoms with Crippen LogP contribution in [0.5, 0.6) is 0 Å². The second-order valence-electron chi connectivity index (χ2n) is 6.51. The zero-order valence-corrected chi connectivity index (χ0v) is 16.5. The van der Waals surface area contributed by atoms with Gasteiger partial charge in [-0.25, -0.2) is 4.98 Å². The monoisotopic (exact) mass is 420 g/mol. The van der Waals surface area contributed by atoms with E-state index in [1.165, 1.54) is 11.6 Å². The summed E-state index contributed by atoms with van der Waals surface area (Å²) in [5.74, 6) is -0.291. The molecule has 8 heteroatoms. The summed E-state index contributed by atoms with van der Waals surface area (Å²) in [5, 5.41) is 6.03. The quantitative estimate of drug-likeness (QED) is 0.433. The third-order valence-electron chi connectivity index (χ3n) is 4.21. The number of aromatic nitrogens is 2. The molecule has 0 saturated carbocycles. The van der Waals surface area contributed by atoms with E-state index in [4.69, 9.17) is 11.6 Å². The maximum absolute atomic E-state index is 13.4. The Bertz CT molecular complexity index is 959. The van der Waals surface area contributed by atoms with E-state index in [0.29, 0.717) is 16.4 Å². The maximum atomic E-state index is 13.4. The van der Waals surface area contributed by atoms with Gasteiger partial charge in [-0.05, 0) is 48.7 Å². The smallest absolute Gasteiger partial charge is 0.340 e. The molecule has 1 aromatic heterocycles. The van der Waals surface area contributed by atoms with E-state index >= 15 is 0 Å². The number of rotatable bonds is 7. The first-order chi connectivity index (χ1) is 13.8. The van der Waals surface area contributed by atoms with Crippen LogP contribution in [-0.2, 0) is 12.6 Å². The van der Waals surface area contributed by atoms with Crippen LogP contribution in [0.1, 0.15) is 30.9 Å². The van der Waals surface area contributed by atoms with E-state index < -0.39 is 11.7 Å². The fourth-order valence-corrected chi connectivity index (χ4v) is 2.90. The normalized spacial score (nSPS) is 11.3. The lowest BCUT2D eigenvalue weighted by Gasteiger charge is -2.15. The van der Waals surface area contributed by atoms with Crippen LogP contribution in [0.3, 0.4) is 0 Å². The minimum atomic E-state index is -4.60. The molecule has 0 aliphatic heterocycles. The summed E-state index contributed by atoms with van der Waals surface area (Å²) in [7, 11) is 0. The molecule has 3 aromatic rings. The van der Waals surface area contributed by atoms with Gasteiger partial charge in [-0.15, -0.1) is 0 Å². The van der Waals surface area contributed by atoms with Crippen molar-refractivity contribution in [3.8, 4) is 0 Å². The zero-order chi connectivity index (χ0) is 20.9. The van der Waals surface area contributed by atoms with Crippen molar-refractivity contribution in [3.63, 3.8) is 0 Å². The highest BCUT2D eigenvalue weighted by molar-refractivity contribution is 6.30. The minimum absolute atomic E-state index is 0.0591. The van der Waals surface area contributed by atoms with Crippen molar-refractivity contribution in [3.05, 3.63) is 70.9 Å². The van der Waals surface area contributed by atoms with Gasteiger partial charge in [0.05, 0.1) is 0 Å². The predicted molar refractivity (Wildman–Crippen MR) is 110 cm³/mol. The molecule has 0 atom stereocenters. The van der Waals surface area contributed by atoms with E-state index in [2.05, 4.69) is 27.5 Å². The molecule has 0 saturated heterocycles. The minimum Gasteiger partial charge on any atom is -0.340 e. The molecule has 0 aliphatic carbocycles. The number of nitrogens with one attached hydrogen (secondary N) is 2. The van der Waals surface area contributed by atoms with Gasteiger partial charge in [0.25, 0.3) is 0 Å². The number of halogens is 4. The van der Waals surface area contributed by atoms with Crippen LogP contribution in [0.15, 0.2) is 54.7 Å². The van der Waals surface area contributed by atoms with Crippen molar-refractivity contribution < 1.29 is 13.2 Å². The standard InChI is InChI=1S/C21H20ClF3N4/c1-2-3-5-14-8-10-16(11-9-14)28-20-26-13-18(21(23,24)25)19(29-20)27-17-7-4-6-15(22)12-17/h4,6-13H,2-3,5H2,1H3,(H2,26,27,28,29). The van der Waals surface area contributed by atoms with E-state index in [1.807, 2.05) is 24.3 Å². The number of anilines is 4. The van der Waals surface area contributed by atoms with Crippen LogP contribution < -0.4 is 10.6 Å².